The van der Waals surface area contributed by atoms with E-state index in [1.54, 1.807) is 24.7 Å². The zero-order valence-electron chi connectivity index (χ0n) is 17.1. The maximum Gasteiger partial charge on any atom is 0.258 e. The van der Waals surface area contributed by atoms with Gasteiger partial charge in [-0.1, -0.05) is 6.07 Å². The van der Waals surface area contributed by atoms with Crippen molar-refractivity contribution in [1.29, 1.82) is 0 Å². The van der Waals surface area contributed by atoms with Gasteiger partial charge in [0.05, 0.1) is 19.9 Å². The largest absolute Gasteiger partial charge is 0.493 e. The van der Waals surface area contributed by atoms with E-state index in [1.165, 1.54) is 18.4 Å². The molecule has 4 rings (SSSR count). The van der Waals surface area contributed by atoms with Crippen LogP contribution >= 0.6 is 0 Å². The summed E-state index contributed by atoms with van der Waals surface area (Å²) in [5, 5.41) is 3.37. The molecule has 0 spiro atoms. The second kappa shape index (κ2) is 8.25. The molecule has 2 aromatic heterocycles. The number of pyridine rings is 1. The third-order valence-corrected chi connectivity index (χ3v) is 5.97. The van der Waals surface area contributed by atoms with Crippen LogP contribution in [0.3, 0.4) is 0 Å². The Balaban J connectivity index is 1.67. The van der Waals surface area contributed by atoms with Gasteiger partial charge in [0.1, 0.15) is 5.65 Å². The van der Waals surface area contributed by atoms with Gasteiger partial charge in [0, 0.05) is 23.9 Å². The number of ether oxygens (including phenoxy) is 2. The van der Waals surface area contributed by atoms with Crippen molar-refractivity contribution in [3.8, 4) is 22.8 Å². The van der Waals surface area contributed by atoms with E-state index in [0.717, 1.165) is 18.4 Å². The minimum absolute atomic E-state index is 0.0782. The van der Waals surface area contributed by atoms with E-state index >= 15 is 0 Å². The van der Waals surface area contributed by atoms with Gasteiger partial charge in [0.2, 0.25) is 0 Å². The molecular formula is C23H27N3O3. The fraction of sp³-hybridized carbons (Fsp3) is 0.391. The lowest BCUT2D eigenvalue weighted by molar-refractivity contribution is 0.355. The summed E-state index contributed by atoms with van der Waals surface area (Å²) >= 11 is 0. The van der Waals surface area contributed by atoms with Gasteiger partial charge in [-0.3, -0.25) is 9.20 Å². The van der Waals surface area contributed by atoms with E-state index in [0.29, 0.717) is 34.8 Å². The summed E-state index contributed by atoms with van der Waals surface area (Å²) in [6.45, 7) is 0. The second-order valence-electron chi connectivity index (χ2n) is 7.58. The minimum atomic E-state index is -0.0782. The Morgan fingerprint density at radius 1 is 1.00 bits per heavy atom. The number of nitrogens with zero attached hydrogens (tertiary/aromatic N) is 2. The highest BCUT2D eigenvalue weighted by Crippen LogP contribution is 2.33. The Morgan fingerprint density at radius 2 is 1.76 bits per heavy atom. The Labute approximate surface area is 170 Å². The van der Waals surface area contributed by atoms with E-state index in [1.807, 2.05) is 37.5 Å². The van der Waals surface area contributed by atoms with Crippen molar-refractivity contribution >= 4 is 5.65 Å². The summed E-state index contributed by atoms with van der Waals surface area (Å²) in [6, 6.07) is 11.8. The summed E-state index contributed by atoms with van der Waals surface area (Å²) in [7, 11) is 5.22. The molecule has 1 aromatic carbocycles. The molecule has 1 fully saturated rings. The van der Waals surface area contributed by atoms with Gasteiger partial charge in [-0.15, -0.1) is 0 Å². The van der Waals surface area contributed by atoms with Crippen LogP contribution in [-0.4, -0.2) is 36.7 Å². The zero-order valence-corrected chi connectivity index (χ0v) is 17.1. The molecule has 3 aromatic rings. The fourth-order valence-corrected chi connectivity index (χ4v) is 4.22. The quantitative estimate of drug-likeness (QED) is 0.717. The van der Waals surface area contributed by atoms with Crippen molar-refractivity contribution in [2.24, 2.45) is 0 Å². The number of benzene rings is 1. The van der Waals surface area contributed by atoms with E-state index in [2.05, 4.69) is 11.4 Å². The molecule has 1 saturated carbocycles. The maximum atomic E-state index is 12.8. The number of methoxy groups -OCH3 is 2. The molecule has 6 heteroatoms. The molecule has 1 aliphatic carbocycles. The predicted molar refractivity (Wildman–Crippen MR) is 114 cm³/mol. The molecule has 6 nitrogen and oxygen atoms in total. The molecule has 0 unspecified atom stereocenters. The Morgan fingerprint density at radius 3 is 2.45 bits per heavy atom. The summed E-state index contributed by atoms with van der Waals surface area (Å²) < 4.78 is 12.3. The first-order chi connectivity index (χ1) is 14.1. The van der Waals surface area contributed by atoms with E-state index in [4.69, 9.17) is 14.5 Å². The monoisotopic (exact) mass is 393 g/mol. The van der Waals surface area contributed by atoms with Crippen LogP contribution < -0.4 is 20.3 Å². The average Bonchev–Trinajstić information content (AvgIpc) is 2.78. The first kappa shape index (κ1) is 19.5. The average molecular weight is 393 g/mol. The molecule has 0 atom stereocenters. The normalized spacial score (nSPS) is 19.3. The summed E-state index contributed by atoms with van der Waals surface area (Å²) in [6.07, 6.45) is 6.59. The van der Waals surface area contributed by atoms with Crippen molar-refractivity contribution in [2.45, 2.75) is 37.6 Å². The van der Waals surface area contributed by atoms with Gasteiger partial charge in [-0.2, -0.15) is 0 Å². The molecule has 2 heterocycles. The highest BCUT2D eigenvalue weighted by Gasteiger charge is 2.21. The van der Waals surface area contributed by atoms with Crippen molar-refractivity contribution in [2.75, 3.05) is 21.3 Å². The van der Waals surface area contributed by atoms with Crippen LogP contribution in [0.1, 0.15) is 37.2 Å². The minimum Gasteiger partial charge on any atom is -0.493 e. The molecular weight excluding hydrogens is 366 g/mol. The molecule has 0 aliphatic heterocycles. The Hall–Kier alpha value is -2.86. The van der Waals surface area contributed by atoms with Gasteiger partial charge in [-0.25, -0.2) is 4.98 Å². The van der Waals surface area contributed by atoms with Crippen LogP contribution in [0.25, 0.3) is 16.9 Å². The van der Waals surface area contributed by atoms with Crippen molar-refractivity contribution in [3.05, 3.63) is 58.5 Å². The predicted octanol–water partition coefficient (Wildman–Crippen LogP) is 3.62. The highest BCUT2D eigenvalue weighted by atomic mass is 16.5. The van der Waals surface area contributed by atoms with Crippen molar-refractivity contribution in [3.63, 3.8) is 0 Å². The topological polar surface area (TPSA) is 64.9 Å². The van der Waals surface area contributed by atoms with Gasteiger partial charge in [0.15, 0.2) is 11.5 Å². The van der Waals surface area contributed by atoms with Crippen LogP contribution in [0, 0.1) is 0 Å². The third kappa shape index (κ3) is 3.85. The first-order valence-electron chi connectivity index (χ1n) is 10.1. The van der Waals surface area contributed by atoms with Crippen LogP contribution in [0.5, 0.6) is 11.5 Å². The summed E-state index contributed by atoms with van der Waals surface area (Å²) in [5.41, 5.74) is 3.23. The van der Waals surface area contributed by atoms with Crippen LogP contribution in [0.15, 0.2) is 47.4 Å². The SMILES string of the molecule is CN[C@H]1CC[C@H](c2ccc3nc(-c4ccc(OC)c(OC)c4)cc(=O)n3c2)CC1. The first-order valence-corrected chi connectivity index (χ1v) is 10.1. The smallest absolute Gasteiger partial charge is 0.258 e. The molecule has 29 heavy (non-hydrogen) atoms. The van der Waals surface area contributed by atoms with Gasteiger partial charge >= 0.3 is 0 Å². The number of hydrogen-bond donors (Lipinski definition) is 1. The Kier molecular flexibility index (Phi) is 5.53. The van der Waals surface area contributed by atoms with Crippen LogP contribution in [-0.2, 0) is 0 Å². The molecule has 0 saturated heterocycles. The molecule has 1 N–H and O–H groups in total. The lowest BCUT2D eigenvalue weighted by Gasteiger charge is -2.28. The maximum absolute atomic E-state index is 12.8. The van der Waals surface area contributed by atoms with E-state index < -0.39 is 0 Å². The molecule has 0 radical (unpaired) electrons. The lowest BCUT2D eigenvalue weighted by atomic mass is 9.82. The Bertz CT molecular complexity index is 1070. The van der Waals surface area contributed by atoms with E-state index in [-0.39, 0.29) is 5.56 Å². The number of rotatable bonds is 5. The zero-order chi connectivity index (χ0) is 20.4. The molecule has 0 bridgehead atoms. The van der Waals surface area contributed by atoms with Gasteiger partial charge in [-0.05, 0) is 68.5 Å². The van der Waals surface area contributed by atoms with E-state index in [9.17, 15) is 4.79 Å². The van der Waals surface area contributed by atoms with Crippen molar-refractivity contribution < 1.29 is 9.47 Å². The van der Waals surface area contributed by atoms with Gasteiger partial charge < -0.3 is 14.8 Å². The number of hydrogen-bond acceptors (Lipinski definition) is 5. The number of nitrogens with one attached hydrogen (secondary N) is 1. The highest BCUT2D eigenvalue weighted by molar-refractivity contribution is 5.65. The van der Waals surface area contributed by atoms with Crippen LogP contribution in [0.4, 0.5) is 0 Å². The molecule has 152 valence electrons. The fourth-order valence-electron chi connectivity index (χ4n) is 4.22. The third-order valence-electron chi connectivity index (χ3n) is 5.97. The lowest BCUT2D eigenvalue weighted by Crippen LogP contribution is -2.29. The number of aromatic nitrogens is 2. The van der Waals surface area contributed by atoms with Crippen molar-refractivity contribution in [1.82, 2.24) is 14.7 Å². The van der Waals surface area contributed by atoms with Gasteiger partial charge in [0.25, 0.3) is 5.56 Å². The molecule has 1 aliphatic rings. The summed E-state index contributed by atoms with van der Waals surface area (Å²) in [5.74, 6) is 1.76. The standard InChI is InChI=1S/C23H27N3O3/c1-24-18-8-4-15(5-9-18)17-7-11-22-25-19(13-23(27)26(22)14-17)16-6-10-20(28-2)21(12-16)29-3/h6-7,10-15,18,24H,4-5,8-9H2,1-3H3/t15-,18-. The number of fused-ring (bicyclic) bond motifs is 1. The molecule has 0 amide bonds. The summed E-state index contributed by atoms with van der Waals surface area (Å²) in [4.78, 5) is 17.5. The second-order valence-corrected chi connectivity index (χ2v) is 7.58. The van der Waals surface area contributed by atoms with Crippen LogP contribution in [0.2, 0.25) is 0 Å².